The number of hydrogen-bond donors (Lipinski definition) is 0. The molecule has 0 saturated carbocycles. The highest BCUT2D eigenvalue weighted by Gasteiger charge is 1.98. The molecule has 2 aromatic rings. The summed E-state index contributed by atoms with van der Waals surface area (Å²) < 4.78 is 5.20. The van der Waals surface area contributed by atoms with Crippen molar-refractivity contribution in [1.29, 1.82) is 0 Å². The SMILES string of the molecule is COc1cccc(CSc2ccc(Cl)cc2)c1. The summed E-state index contributed by atoms with van der Waals surface area (Å²) in [6, 6.07) is 16.0. The Balaban J connectivity index is 1.99. The van der Waals surface area contributed by atoms with Gasteiger partial charge in [-0.1, -0.05) is 23.7 Å². The van der Waals surface area contributed by atoms with E-state index < -0.39 is 0 Å². The van der Waals surface area contributed by atoms with Gasteiger partial charge in [0.1, 0.15) is 5.75 Å². The number of rotatable bonds is 4. The lowest BCUT2D eigenvalue weighted by Crippen LogP contribution is -1.85. The van der Waals surface area contributed by atoms with Crippen LogP contribution in [0.25, 0.3) is 0 Å². The summed E-state index contributed by atoms with van der Waals surface area (Å²) in [5.41, 5.74) is 1.25. The minimum absolute atomic E-state index is 0.774. The summed E-state index contributed by atoms with van der Waals surface area (Å²) in [7, 11) is 1.69. The average molecular weight is 265 g/mol. The predicted molar refractivity (Wildman–Crippen MR) is 74.0 cm³/mol. The fourth-order valence-electron chi connectivity index (χ4n) is 1.46. The first kappa shape index (κ1) is 12.3. The lowest BCUT2D eigenvalue weighted by Gasteiger charge is -2.04. The van der Waals surface area contributed by atoms with Crippen LogP contribution in [-0.4, -0.2) is 7.11 Å². The van der Waals surface area contributed by atoms with Crippen molar-refractivity contribution in [3.05, 3.63) is 59.1 Å². The standard InChI is InChI=1S/C14H13ClOS/c1-16-13-4-2-3-11(9-13)10-17-14-7-5-12(15)6-8-14/h2-9H,10H2,1H3. The molecule has 0 saturated heterocycles. The number of halogens is 1. The van der Waals surface area contributed by atoms with Gasteiger partial charge in [-0.3, -0.25) is 0 Å². The lowest BCUT2D eigenvalue weighted by molar-refractivity contribution is 0.414. The number of methoxy groups -OCH3 is 1. The van der Waals surface area contributed by atoms with Crippen molar-refractivity contribution >= 4 is 23.4 Å². The number of ether oxygens (including phenoxy) is 1. The first-order valence-corrected chi connectivity index (χ1v) is 6.65. The Morgan fingerprint density at radius 2 is 1.88 bits per heavy atom. The molecular weight excluding hydrogens is 252 g/mol. The molecule has 0 unspecified atom stereocenters. The van der Waals surface area contributed by atoms with Crippen molar-refractivity contribution in [1.82, 2.24) is 0 Å². The summed E-state index contributed by atoms with van der Waals surface area (Å²) in [4.78, 5) is 1.22. The van der Waals surface area contributed by atoms with Crippen molar-refractivity contribution in [2.75, 3.05) is 7.11 Å². The van der Waals surface area contributed by atoms with E-state index in [1.807, 2.05) is 36.4 Å². The lowest BCUT2D eigenvalue weighted by atomic mass is 10.2. The van der Waals surface area contributed by atoms with Crippen LogP contribution < -0.4 is 4.74 Å². The van der Waals surface area contributed by atoms with E-state index >= 15 is 0 Å². The molecule has 3 heteroatoms. The minimum atomic E-state index is 0.774. The van der Waals surface area contributed by atoms with E-state index in [1.54, 1.807) is 18.9 Å². The molecule has 0 heterocycles. The molecule has 0 aliphatic heterocycles. The molecular formula is C14H13ClOS. The highest BCUT2D eigenvalue weighted by molar-refractivity contribution is 7.98. The highest BCUT2D eigenvalue weighted by Crippen LogP contribution is 2.25. The maximum Gasteiger partial charge on any atom is 0.119 e. The molecule has 88 valence electrons. The first-order chi connectivity index (χ1) is 8.28. The molecule has 0 fully saturated rings. The van der Waals surface area contributed by atoms with Gasteiger partial charge in [-0.15, -0.1) is 11.8 Å². The summed E-state index contributed by atoms with van der Waals surface area (Å²) in [6.07, 6.45) is 0. The van der Waals surface area contributed by atoms with Crippen LogP contribution in [0.5, 0.6) is 5.75 Å². The molecule has 0 aromatic heterocycles. The van der Waals surface area contributed by atoms with Crippen LogP contribution in [0.1, 0.15) is 5.56 Å². The molecule has 2 rings (SSSR count). The van der Waals surface area contributed by atoms with Crippen molar-refractivity contribution in [2.24, 2.45) is 0 Å². The maximum atomic E-state index is 5.84. The highest BCUT2D eigenvalue weighted by atomic mass is 35.5. The van der Waals surface area contributed by atoms with E-state index in [1.165, 1.54) is 10.5 Å². The molecule has 0 aliphatic carbocycles. The van der Waals surface area contributed by atoms with Crippen LogP contribution in [0.2, 0.25) is 5.02 Å². The fraction of sp³-hybridized carbons (Fsp3) is 0.143. The van der Waals surface area contributed by atoms with Crippen LogP contribution in [0.15, 0.2) is 53.4 Å². The summed E-state index contributed by atoms with van der Waals surface area (Å²) in [6.45, 7) is 0. The summed E-state index contributed by atoms with van der Waals surface area (Å²) in [5, 5.41) is 0.774. The Bertz CT molecular complexity index is 482. The Morgan fingerprint density at radius 3 is 2.59 bits per heavy atom. The van der Waals surface area contributed by atoms with Gasteiger partial charge in [-0.05, 0) is 42.0 Å². The van der Waals surface area contributed by atoms with E-state index in [2.05, 4.69) is 12.1 Å². The second-order valence-electron chi connectivity index (χ2n) is 3.59. The van der Waals surface area contributed by atoms with Gasteiger partial charge in [0.25, 0.3) is 0 Å². The van der Waals surface area contributed by atoms with Gasteiger partial charge < -0.3 is 4.74 Å². The molecule has 0 spiro atoms. The van der Waals surface area contributed by atoms with Crippen LogP contribution in [0.3, 0.4) is 0 Å². The zero-order chi connectivity index (χ0) is 12.1. The molecule has 1 nitrogen and oxygen atoms in total. The normalized spacial score (nSPS) is 10.2. The van der Waals surface area contributed by atoms with Crippen molar-refractivity contribution in [3.63, 3.8) is 0 Å². The zero-order valence-corrected chi connectivity index (χ0v) is 11.1. The summed E-state index contributed by atoms with van der Waals surface area (Å²) >= 11 is 7.63. The van der Waals surface area contributed by atoms with Crippen molar-refractivity contribution in [2.45, 2.75) is 10.6 Å². The van der Waals surface area contributed by atoms with Gasteiger partial charge in [0.05, 0.1) is 7.11 Å². The molecule has 0 amide bonds. The molecule has 2 aromatic carbocycles. The molecule has 0 aliphatic rings. The van der Waals surface area contributed by atoms with Crippen LogP contribution >= 0.6 is 23.4 Å². The van der Waals surface area contributed by atoms with E-state index in [9.17, 15) is 0 Å². The molecule has 17 heavy (non-hydrogen) atoms. The molecule has 0 radical (unpaired) electrons. The van der Waals surface area contributed by atoms with Gasteiger partial charge in [0.15, 0.2) is 0 Å². The Morgan fingerprint density at radius 1 is 1.12 bits per heavy atom. The Hall–Kier alpha value is -1.12. The van der Waals surface area contributed by atoms with Crippen molar-refractivity contribution < 1.29 is 4.74 Å². The first-order valence-electron chi connectivity index (χ1n) is 5.29. The van der Waals surface area contributed by atoms with E-state index in [-0.39, 0.29) is 0 Å². The zero-order valence-electron chi connectivity index (χ0n) is 9.52. The quantitative estimate of drug-likeness (QED) is 0.744. The Kier molecular flexibility index (Phi) is 4.35. The fourth-order valence-corrected chi connectivity index (χ4v) is 2.43. The van der Waals surface area contributed by atoms with E-state index in [4.69, 9.17) is 16.3 Å². The van der Waals surface area contributed by atoms with Gasteiger partial charge in [-0.2, -0.15) is 0 Å². The Labute approximate surface area is 111 Å². The molecule has 0 N–H and O–H groups in total. The third kappa shape index (κ3) is 3.69. The predicted octanol–water partition coefficient (Wildman–Crippen LogP) is 4.64. The second-order valence-corrected chi connectivity index (χ2v) is 5.08. The third-order valence-electron chi connectivity index (χ3n) is 2.35. The largest absolute Gasteiger partial charge is 0.497 e. The summed E-state index contributed by atoms with van der Waals surface area (Å²) in [5.74, 6) is 1.83. The molecule has 0 atom stereocenters. The van der Waals surface area contributed by atoms with E-state index in [0.29, 0.717) is 0 Å². The number of hydrogen-bond acceptors (Lipinski definition) is 2. The minimum Gasteiger partial charge on any atom is -0.497 e. The van der Waals surface area contributed by atoms with Crippen LogP contribution in [0, 0.1) is 0 Å². The van der Waals surface area contributed by atoms with Gasteiger partial charge in [0.2, 0.25) is 0 Å². The molecule has 0 bridgehead atoms. The van der Waals surface area contributed by atoms with Gasteiger partial charge in [-0.25, -0.2) is 0 Å². The number of thioether (sulfide) groups is 1. The van der Waals surface area contributed by atoms with Gasteiger partial charge >= 0.3 is 0 Å². The smallest absolute Gasteiger partial charge is 0.119 e. The monoisotopic (exact) mass is 264 g/mol. The maximum absolute atomic E-state index is 5.84. The second kappa shape index (κ2) is 5.99. The van der Waals surface area contributed by atoms with Crippen LogP contribution in [-0.2, 0) is 5.75 Å². The van der Waals surface area contributed by atoms with E-state index in [0.717, 1.165) is 16.5 Å². The van der Waals surface area contributed by atoms with Crippen molar-refractivity contribution in [3.8, 4) is 5.75 Å². The van der Waals surface area contributed by atoms with Gasteiger partial charge in [0, 0.05) is 15.7 Å². The number of benzene rings is 2. The average Bonchev–Trinajstić information content (AvgIpc) is 2.38. The third-order valence-corrected chi connectivity index (χ3v) is 3.69. The van der Waals surface area contributed by atoms with Crippen LogP contribution in [0.4, 0.5) is 0 Å². The topological polar surface area (TPSA) is 9.23 Å².